The largest absolute Gasteiger partial charge is 0.391 e. The summed E-state index contributed by atoms with van der Waals surface area (Å²) in [6, 6.07) is 16.2. The second-order valence-corrected chi connectivity index (χ2v) is 11.4. The molecule has 1 aromatic heterocycles. The molecule has 40 heavy (non-hydrogen) atoms. The number of carbonyl (C=O) groups excluding carboxylic acids is 2. The van der Waals surface area contributed by atoms with Gasteiger partial charge in [-0.05, 0) is 64.3 Å². The molecule has 1 fully saturated rings. The second-order valence-electron chi connectivity index (χ2n) is 11.4. The van der Waals surface area contributed by atoms with E-state index in [0.29, 0.717) is 37.0 Å². The SMILES string of the molecule is CN1CCN(C(=O)[C@H](CCC(C)(C)F)C[C@H](O)[C@H](Cc2ccccc2)NC(=O)c2cnc3ccccc3n2)CC1. The van der Waals surface area contributed by atoms with Gasteiger partial charge in [0.05, 0.1) is 29.4 Å². The number of para-hydroxylation sites is 2. The van der Waals surface area contributed by atoms with Gasteiger partial charge in [0.1, 0.15) is 11.4 Å². The van der Waals surface area contributed by atoms with Crippen LogP contribution in [0.15, 0.2) is 60.8 Å². The van der Waals surface area contributed by atoms with Gasteiger partial charge in [-0.25, -0.2) is 9.37 Å². The third kappa shape index (κ3) is 8.29. The van der Waals surface area contributed by atoms with Crippen LogP contribution in [0.5, 0.6) is 0 Å². The summed E-state index contributed by atoms with van der Waals surface area (Å²) < 4.78 is 14.5. The van der Waals surface area contributed by atoms with Gasteiger partial charge < -0.3 is 20.2 Å². The summed E-state index contributed by atoms with van der Waals surface area (Å²) in [5.74, 6) is -1.09. The Bertz CT molecular complexity index is 1270. The van der Waals surface area contributed by atoms with Crippen LogP contribution in [-0.4, -0.2) is 87.7 Å². The van der Waals surface area contributed by atoms with Crippen molar-refractivity contribution in [2.45, 2.75) is 57.3 Å². The summed E-state index contributed by atoms with van der Waals surface area (Å²) >= 11 is 0. The van der Waals surface area contributed by atoms with Gasteiger partial charge in [0.2, 0.25) is 5.91 Å². The number of halogens is 1. The molecular formula is C31H40FN5O3. The number of rotatable bonds is 11. The van der Waals surface area contributed by atoms with Crippen molar-refractivity contribution < 1.29 is 19.1 Å². The van der Waals surface area contributed by atoms with Crippen LogP contribution in [-0.2, 0) is 11.2 Å². The summed E-state index contributed by atoms with van der Waals surface area (Å²) in [6.07, 6.45) is 1.37. The number of aliphatic hydroxyl groups excluding tert-OH is 1. The average molecular weight is 550 g/mol. The van der Waals surface area contributed by atoms with Gasteiger partial charge in [-0.15, -0.1) is 0 Å². The van der Waals surface area contributed by atoms with Gasteiger partial charge in [-0.2, -0.15) is 0 Å². The first-order valence-electron chi connectivity index (χ1n) is 14.0. The van der Waals surface area contributed by atoms with Crippen molar-refractivity contribution in [2.24, 2.45) is 5.92 Å². The van der Waals surface area contributed by atoms with Crippen LogP contribution in [0.4, 0.5) is 4.39 Å². The summed E-state index contributed by atoms with van der Waals surface area (Å²) in [4.78, 5) is 39.6. The molecule has 2 amide bonds. The van der Waals surface area contributed by atoms with E-state index in [1.807, 2.05) is 60.5 Å². The van der Waals surface area contributed by atoms with Crippen molar-refractivity contribution in [3.63, 3.8) is 0 Å². The maximum Gasteiger partial charge on any atom is 0.271 e. The van der Waals surface area contributed by atoms with Crippen LogP contribution < -0.4 is 5.32 Å². The lowest BCUT2D eigenvalue weighted by Gasteiger charge is -2.36. The van der Waals surface area contributed by atoms with Gasteiger partial charge in [0.15, 0.2) is 0 Å². The number of likely N-dealkylation sites (N-methyl/N-ethyl adjacent to an activating group) is 1. The van der Waals surface area contributed by atoms with E-state index in [1.54, 1.807) is 6.07 Å². The van der Waals surface area contributed by atoms with E-state index >= 15 is 0 Å². The van der Waals surface area contributed by atoms with Crippen molar-refractivity contribution in [2.75, 3.05) is 33.2 Å². The topological polar surface area (TPSA) is 98.7 Å². The van der Waals surface area contributed by atoms with Crippen LogP contribution >= 0.6 is 0 Å². The zero-order valence-electron chi connectivity index (χ0n) is 23.6. The summed E-state index contributed by atoms with van der Waals surface area (Å²) in [5.41, 5.74) is 0.928. The summed E-state index contributed by atoms with van der Waals surface area (Å²) in [7, 11) is 2.02. The van der Waals surface area contributed by atoms with Crippen LogP contribution in [0, 0.1) is 5.92 Å². The molecule has 0 radical (unpaired) electrons. The quantitative estimate of drug-likeness (QED) is 0.379. The predicted molar refractivity (Wildman–Crippen MR) is 154 cm³/mol. The molecule has 214 valence electrons. The normalized spacial score (nSPS) is 16.9. The first kappa shape index (κ1) is 29.6. The van der Waals surface area contributed by atoms with Gasteiger partial charge in [-0.1, -0.05) is 42.5 Å². The first-order chi connectivity index (χ1) is 19.1. The van der Waals surface area contributed by atoms with E-state index in [0.717, 1.165) is 18.7 Å². The third-order valence-corrected chi connectivity index (χ3v) is 7.54. The summed E-state index contributed by atoms with van der Waals surface area (Å²) in [6.45, 7) is 5.76. The Morgan fingerprint density at radius 2 is 1.68 bits per heavy atom. The van der Waals surface area contributed by atoms with E-state index in [2.05, 4.69) is 20.2 Å². The molecule has 0 spiro atoms. The van der Waals surface area contributed by atoms with Crippen molar-refractivity contribution in [1.29, 1.82) is 0 Å². The van der Waals surface area contributed by atoms with Crippen LogP contribution in [0.3, 0.4) is 0 Å². The fourth-order valence-corrected chi connectivity index (χ4v) is 5.06. The first-order valence-corrected chi connectivity index (χ1v) is 14.0. The van der Waals surface area contributed by atoms with Crippen LogP contribution in [0.2, 0.25) is 0 Å². The lowest BCUT2D eigenvalue weighted by molar-refractivity contribution is -0.138. The fourth-order valence-electron chi connectivity index (χ4n) is 5.06. The van der Waals surface area contributed by atoms with Crippen LogP contribution in [0.1, 0.15) is 49.2 Å². The van der Waals surface area contributed by atoms with Gasteiger partial charge >= 0.3 is 0 Å². The number of nitrogens with zero attached hydrogens (tertiary/aromatic N) is 4. The molecule has 1 aliphatic rings. The molecular weight excluding hydrogens is 509 g/mol. The van der Waals surface area contributed by atoms with E-state index in [4.69, 9.17) is 0 Å². The minimum absolute atomic E-state index is 0.0680. The molecule has 8 nitrogen and oxygen atoms in total. The highest BCUT2D eigenvalue weighted by Gasteiger charge is 2.33. The Labute approximate surface area is 235 Å². The highest BCUT2D eigenvalue weighted by atomic mass is 19.1. The highest BCUT2D eigenvalue weighted by molar-refractivity contribution is 5.94. The lowest BCUT2D eigenvalue weighted by Crippen LogP contribution is -2.51. The molecule has 3 atom stereocenters. The van der Waals surface area contributed by atoms with Crippen molar-refractivity contribution >= 4 is 22.8 Å². The number of aliphatic hydroxyl groups is 1. The van der Waals surface area contributed by atoms with Crippen molar-refractivity contribution in [1.82, 2.24) is 25.1 Å². The van der Waals surface area contributed by atoms with E-state index in [-0.39, 0.29) is 24.4 Å². The molecule has 9 heteroatoms. The Morgan fingerprint density at radius 3 is 2.35 bits per heavy atom. The number of aromatic nitrogens is 2. The standard InChI is InChI=1S/C31H40FN5O3/c1-31(2,32)14-13-23(30(40)37-17-15-36(3)16-18-37)20-28(38)26(19-22-9-5-4-6-10-22)35-29(39)27-21-33-24-11-7-8-12-25(24)34-27/h4-12,21,23,26,28,38H,13-20H2,1-3H3,(H,35,39)/t23-,26+,28+/m1/s1. The number of piperazine rings is 1. The maximum atomic E-state index is 14.5. The van der Waals surface area contributed by atoms with E-state index in [9.17, 15) is 19.1 Å². The average Bonchev–Trinajstić information content (AvgIpc) is 2.94. The number of fused-ring (bicyclic) bond motifs is 1. The third-order valence-electron chi connectivity index (χ3n) is 7.54. The minimum Gasteiger partial charge on any atom is -0.391 e. The van der Waals surface area contributed by atoms with Crippen molar-refractivity contribution in [3.05, 3.63) is 72.1 Å². The molecule has 1 aliphatic heterocycles. The lowest BCUT2D eigenvalue weighted by atomic mass is 9.87. The number of nitrogens with one attached hydrogen (secondary N) is 1. The van der Waals surface area contributed by atoms with Crippen LogP contribution in [0.25, 0.3) is 11.0 Å². The molecule has 0 unspecified atom stereocenters. The zero-order chi connectivity index (χ0) is 28.7. The fraction of sp³-hybridized carbons (Fsp3) is 0.484. The Kier molecular flexibility index (Phi) is 9.81. The number of alkyl halides is 1. The van der Waals surface area contributed by atoms with Gasteiger partial charge in [0, 0.05) is 32.1 Å². The molecule has 0 aliphatic carbocycles. The minimum atomic E-state index is -1.43. The number of amides is 2. The molecule has 0 bridgehead atoms. The molecule has 2 N–H and O–H groups in total. The number of carbonyl (C=O) groups is 2. The predicted octanol–water partition coefficient (Wildman–Crippen LogP) is 3.64. The zero-order valence-corrected chi connectivity index (χ0v) is 23.6. The van der Waals surface area contributed by atoms with Gasteiger partial charge in [0.25, 0.3) is 5.91 Å². The Balaban J connectivity index is 1.54. The Morgan fingerprint density at radius 1 is 1.02 bits per heavy atom. The molecule has 3 aromatic rings. The van der Waals surface area contributed by atoms with Gasteiger partial charge in [-0.3, -0.25) is 14.6 Å². The molecule has 1 saturated heterocycles. The monoisotopic (exact) mass is 549 g/mol. The maximum absolute atomic E-state index is 14.5. The Hall–Kier alpha value is -3.43. The molecule has 4 rings (SSSR count). The summed E-state index contributed by atoms with van der Waals surface area (Å²) in [5, 5.41) is 14.5. The number of benzene rings is 2. The molecule has 0 saturated carbocycles. The molecule has 2 aromatic carbocycles. The highest BCUT2D eigenvalue weighted by Crippen LogP contribution is 2.26. The van der Waals surface area contributed by atoms with E-state index in [1.165, 1.54) is 20.0 Å². The van der Waals surface area contributed by atoms with Crippen molar-refractivity contribution in [3.8, 4) is 0 Å². The van der Waals surface area contributed by atoms with E-state index < -0.39 is 29.6 Å². The second kappa shape index (κ2) is 13.3. The molecule has 2 heterocycles. The smallest absolute Gasteiger partial charge is 0.271 e. The number of hydrogen-bond acceptors (Lipinski definition) is 6. The number of hydrogen-bond donors (Lipinski definition) is 2.